The van der Waals surface area contributed by atoms with E-state index in [1.807, 2.05) is 26.0 Å². The first-order valence-corrected chi connectivity index (χ1v) is 12.9. The maximum atomic E-state index is 14.0. The van der Waals surface area contributed by atoms with E-state index in [4.69, 9.17) is 15.2 Å². The lowest BCUT2D eigenvalue weighted by Crippen LogP contribution is -2.53. The Balaban J connectivity index is 2.52. The van der Waals surface area contributed by atoms with E-state index in [0.29, 0.717) is 23.4 Å². The second-order valence-electron chi connectivity index (χ2n) is 10.2. The summed E-state index contributed by atoms with van der Waals surface area (Å²) >= 11 is 0. The molecule has 39 heavy (non-hydrogen) atoms. The second-order valence-corrected chi connectivity index (χ2v) is 10.2. The van der Waals surface area contributed by atoms with Crippen molar-refractivity contribution in [3.8, 4) is 5.75 Å². The number of carbonyl (C=O) groups is 4. The number of nitrogens with one attached hydrogen (secondary N) is 2. The first-order chi connectivity index (χ1) is 18.4. The zero-order chi connectivity index (χ0) is 29.2. The molecule has 0 aliphatic carbocycles. The fourth-order valence-corrected chi connectivity index (χ4v) is 3.98. The number of rotatable bonds is 12. The van der Waals surface area contributed by atoms with Crippen LogP contribution in [0.2, 0.25) is 0 Å². The monoisotopic (exact) mass is 540 g/mol. The molecule has 0 aliphatic heterocycles. The van der Waals surface area contributed by atoms with Crippen LogP contribution in [0.4, 0.5) is 10.5 Å². The maximum Gasteiger partial charge on any atom is 0.408 e. The normalized spacial score (nSPS) is 12.6. The van der Waals surface area contributed by atoms with Gasteiger partial charge in [-0.2, -0.15) is 0 Å². The van der Waals surface area contributed by atoms with Crippen LogP contribution in [0.3, 0.4) is 0 Å². The summed E-state index contributed by atoms with van der Waals surface area (Å²) < 4.78 is 10.5. The molecule has 212 valence electrons. The number of anilines is 1. The van der Waals surface area contributed by atoms with Crippen LogP contribution in [0.1, 0.15) is 64.1 Å². The van der Waals surface area contributed by atoms with E-state index < -0.39 is 47.9 Å². The molecule has 2 rings (SSSR count). The summed E-state index contributed by atoms with van der Waals surface area (Å²) in [6, 6.07) is 11.7. The SMILES string of the molecule is CCCCN(C(=O)C(CC(N)=O)NC(=O)OC(C)(C)C)C(C(=O)Nc1ccc(OC)cc1)c1ccccc1C. The number of unbranched alkanes of at least 4 members (excludes halogenated alkanes) is 1. The summed E-state index contributed by atoms with van der Waals surface area (Å²) in [5.41, 5.74) is 6.54. The molecule has 0 spiro atoms. The van der Waals surface area contributed by atoms with Crippen molar-refractivity contribution in [2.45, 2.75) is 71.6 Å². The summed E-state index contributed by atoms with van der Waals surface area (Å²) in [6.45, 7) is 9.07. The Morgan fingerprint density at radius 1 is 1.03 bits per heavy atom. The number of hydrogen-bond donors (Lipinski definition) is 3. The summed E-state index contributed by atoms with van der Waals surface area (Å²) in [6.07, 6.45) is -0.00152. The van der Waals surface area contributed by atoms with Crippen molar-refractivity contribution in [3.63, 3.8) is 0 Å². The Bertz CT molecular complexity index is 1140. The van der Waals surface area contributed by atoms with Crippen molar-refractivity contribution < 1.29 is 28.7 Å². The topological polar surface area (TPSA) is 140 Å². The van der Waals surface area contributed by atoms with Gasteiger partial charge in [0.2, 0.25) is 11.8 Å². The molecule has 2 atom stereocenters. The highest BCUT2D eigenvalue weighted by Crippen LogP contribution is 2.28. The van der Waals surface area contributed by atoms with Crippen LogP contribution < -0.4 is 21.1 Å². The molecule has 10 heteroatoms. The number of hydrogen-bond acceptors (Lipinski definition) is 6. The average Bonchev–Trinajstić information content (AvgIpc) is 2.85. The molecule has 0 aromatic heterocycles. The van der Waals surface area contributed by atoms with Gasteiger partial charge in [-0.05, 0) is 69.5 Å². The molecular formula is C29H40N4O6. The molecule has 4 N–H and O–H groups in total. The molecule has 0 bridgehead atoms. The van der Waals surface area contributed by atoms with Crippen molar-refractivity contribution >= 4 is 29.5 Å². The fourth-order valence-electron chi connectivity index (χ4n) is 3.98. The summed E-state index contributed by atoms with van der Waals surface area (Å²) in [4.78, 5) is 53.7. The van der Waals surface area contributed by atoms with Crippen molar-refractivity contribution in [3.05, 3.63) is 59.7 Å². The molecule has 2 unspecified atom stereocenters. The third-order valence-corrected chi connectivity index (χ3v) is 5.83. The minimum Gasteiger partial charge on any atom is -0.497 e. The summed E-state index contributed by atoms with van der Waals surface area (Å²) in [7, 11) is 1.55. The van der Waals surface area contributed by atoms with Crippen molar-refractivity contribution in [1.82, 2.24) is 10.2 Å². The van der Waals surface area contributed by atoms with E-state index in [2.05, 4.69) is 10.6 Å². The molecule has 0 aliphatic rings. The number of aryl methyl sites for hydroxylation is 1. The van der Waals surface area contributed by atoms with Gasteiger partial charge in [-0.1, -0.05) is 37.6 Å². The number of alkyl carbamates (subject to hydrolysis) is 1. The molecule has 0 saturated heterocycles. The van der Waals surface area contributed by atoms with Crippen LogP contribution in [0, 0.1) is 6.92 Å². The highest BCUT2D eigenvalue weighted by Gasteiger charge is 2.37. The predicted octanol–water partition coefficient (Wildman–Crippen LogP) is 4.08. The molecule has 0 radical (unpaired) electrons. The molecule has 0 fully saturated rings. The first-order valence-electron chi connectivity index (χ1n) is 12.9. The number of methoxy groups -OCH3 is 1. The van der Waals surface area contributed by atoms with Crippen LogP contribution in [0.5, 0.6) is 5.75 Å². The van der Waals surface area contributed by atoms with Gasteiger partial charge in [-0.15, -0.1) is 0 Å². The third-order valence-electron chi connectivity index (χ3n) is 5.83. The lowest BCUT2D eigenvalue weighted by atomic mass is 9.97. The van der Waals surface area contributed by atoms with Crippen molar-refractivity contribution in [2.75, 3.05) is 19.0 Å². The highest BCUT2D eigenvalue weighted by molar-refractivity contribution is 6.00. The largest absolute Gasteiger partial charge is 0.497 e. The highest BCUT2D eigenvalue weighted by atomic mass is 16.6. The van der Waals surface area contributed by atoms with Crippen molar-refractivity contribution in [1.29, 1.82) is 0 Å². The summed E-state index contributed by atoms with van der Waals surface area (Å²) in [5.74, 6) is -1.22. The number of ether oxygens (including phenoxy) is 2. The zero-order valence-corrected chi connectivity index (χ0v) is 23.6. The molecule has 0 heterocycles. The van der Waals surface area contributed by atoms with Crippen LogP contribution >= 0.6 is 0 Å². The lowest BCUT2D eigenvalue weighted by Gasteiger charge is -2.35. The molecule has 2 aromatic carbocycles. The van der Waals surface area contributed by atoms with Crippen LogP contribution in [-0.2, 0) is 19.1 Å². The van der Waals surface area contributed by atoms with Gasteiger partial charge in [0.15, 0.2) is 0 Å². The number of carbonyl (C=O) groups excluding carboxylic acids is 4. The minimum absolute atomic E-state index is 0.204. The van der Waals surface area contributed by atoms with Gasteiger partial charge in [-0.3, -0.25) is 14.4 Å². The lowest BCUT2D eigenvalue weighted by molar-refractivity contribution is -0.142. The molecule has 10 nitrogen and oxygen atoms in total. The van der Waals surface area contributed by atoms with Gasteiger partial charge in [0.25, 0.3) is 5.91 Å². The van der Waals surface area contributed by atoms with Gasteiger partial charge in [0.1, 0.15) is 23.4 Å². The third kappa shape index (κ3) is 9.63. The Kier molecular flexibility index (Phi) is 11.3. The van der Waals surface area contributed by atoms with Gasteiger partial charge >= 0.3 is 6.09 Å². The zero-order valence-electron chi connectivity index (χ0n) is 23.6. The number of amides is 4. The van der Waals surface area contributed by atoms with Gasteiger partial charge in [0, 0.05) is 12.2 Å². The molecule has 4 amide bonds. The van der Waals surface area contributed by atoms with Crippen LogP contribution in [0.15, 0.2) is 48.5 Å². The standard InChI is InChI=1S/C29H40N4O6/c1-7-8-17-33(27(36)23(18-24(30)34)32-28(37)39-29(3,4)5)25(22-12-10-9-11-19(22)2)26(35)31-20-13-15-21(38-6)16-14-20/h9-16,23,25H,7-8,17-18H2,1-6H3,(H2,30,34)(H,31,35)(H,32,37). The number of benzene rings is 2. The number of primary amides is 1. The van der Waals surface area contributed by atoms with E-state index in [0.717, 1.165) is 12.0 Å². The van der Waals surface area contributed by atoms with Gasteiger partial charge in [-0.25, -0.2) is 4.79 Å². The molecule has 0 saturated carbocycles. The van der Waals surface area contributed by atoms with E-state index in [1.165, 1.54) is 4.90 Å². The average molecular weight is 541 g/mol. The van der Waals surface area contributed by atoms with Gasteiger partial charge < -0.3 is 30.7 Å². The second kappa shape index (κ2) is 14.2. The Morgan fingerprint density at radius 3 is 2.21 bits per heavy atom. The summed E-state index contributed by atoms with van der Waals surface area (Å²) in [5, 5.41) is 5.38. The van der Waals surface area contributed by atoms with E-state index in [-0.39, 0.29) is 6.54 Å². The van der Waals surface area contributed by atoms with Crippen LogP contribution in [-0.4, -0.2) is 54.0 Å². The molecule has 2 aromatic rings. The Labute approximate surface area is 230 Å². The smallest absolute Gasteiger partial charge is 0.408 e. The fraction of sp³-hybridized carbons (Fsp3) is 0.448. The van der Waals surface area contributed by atoms with Gasteiger partial charge in [0.05, 0.1) is 13.5 Å². The van der Waals surface area contributed by atoms with E-state index in [1.54, 1.807) is 64.3 Å². The molecular weight excluding hydrogens is 500 g/mol. The van der Waals surface area contributed by atoms with Crippen molar-refractivity contribution in [2.24, 2.45) is 5.73 Å². The first kappa shape index (κ1) is 31.1. The Hall–Kier alpha value is -4.08. The maximum absolute atomic E-state index is 14.0. The quantitative estimate of drug-likeness (QED) is 0.371. The number of nitrogens with zero attached hydrogens (tertiary/aromatic N) is 1. The van der Waals surface area contributed by atoms with E-state index in [9.17, 15) is 19.2 Å². The Morgan fingerprint density at radius 2 is 1.67 bits per heavy atom. The minimum atomic E-state index is -1.32. The van der Waals surface area contributed by atoms with Crippen LogP contribution in [0.25, 0.3) is 0 Å². The predicted molar refractivity (Wildman–Crippen MR) is 149 cm³/mol. The number of nitrogens with two attached hydrogens (primary N) is 1. The van der Waals surface area contributed by atoms with E-state index >= 15 is 0 Å².